The number of oxazole rings is 1. The first-order valence-corrected chi connectivity index (χ1v) is 4.18. The van der Waals surface area contributed by atoms with E-state index in [1.54, 1.807) is 19.1 Å². The van der Waals surface area contributed by atoms with E-state index in [4.69, 9.17) is 9.68 Å². The van der Waals surface area contributed by atoms with Gasteiger partial charge in [0.1, 0.15) is 5.52 Å². The van der Waals surface area contributed by atoms with Crippen molar-refractivity contribution < 1.29 is 9.52 Å². The van der Waals surface area contributed by atoms with Crippen molar-refractivity contribution >= 4 is 11.1 Å². The van der Waals surface area contributed by atoms with E-state index in [0.29, 0.717) is 16.7 Å². The number of aromatic nitrogens is 1. The molecule has 14 heavy (non-hydrogen) atoms. The van der Waals surface area contributed by atoms with Crippen molar-refractivity contribution in [2.24, 2.45) is 0 Å². The molecule has 1 N–H and O–H groups in total. The van der Waals surface area contributed by atoms with Crippen molar-refractivity contribution in [3.8, 4) is 11.8 Å². The van der Waals surface area contributed by atoms with Crippen molar-refractivity contribution in [1.29, 1.82) is 5.26 Å². The Kier molecular flexibility index (Phi) is 1.86. The van der Waals surface area contributed by atoms with E-state index in [1.165, 1.54) is 6.39 Å². The number of fused-ring (bicyclic) bond motifs is 1. The summed E-state index contributed by atoms with van der Waals surface area (Å²) < 4.78 is 5.01. The number of phenols is 1. The Labute approximate surface area is 80.4 Å². The van der Waals surface area contributed by atoms with Crippen LogP contribution in [-0.4, -0.2) is 10.1 Å². The molecule has 0 saturated heterocycles. The van der Waals surface area contributed by atoms with E-state index >= 15 is 0 Å². The van der Waals surface area contributed by atoms with Crippen LogP contribution >= 0.6 is 0 Å². The lowest BCUT2D eigenvalue weighted by atomic mass is 10.0. The molecule has 0 saturated carbocycles. The number of rotatable bonds is 1. The van der Waals surface area contributed by atoms with Crippen molar-refractivity contribution in [3.63, 3.8) is 0 Å². The normalized spacial score (nSPS) is 12.6. The van der Waals surface area contributed by atoms with Crippen LogP contribution < -0.4 is 0 Å². The van der Waals surface area contributed by atoms with Gasteiger partial charge in [-0.05, 0) is 13.0 Å². The van der Waals surface area contributed by atoms with Crippen LogP contribution in [0.5, 0.6) is 5.75 Å². The number of nitriles is 1. The number of hydrogen-bond donors (Lipinski definition) is 1. The van der Waals surface area contributed by atoms with Gasteiger partial charge in [0, 0.05) is 5.56 Å². The zero-order chi connectivity index (χ0) is 10.1. The maximum atomic E-state index is 9.76. The Balaban J connectivity index is 2.69. The molecule has 0 aliphatic rings. The second kappa shape index (κ2) is 3.04. The summed E-state index contributed by atoms with van der Waals surface area (Å²) in [6.07, 6.45) is 1.27. The maximum Gasteiger partial charge on any atom is 0.196 e. The SMILES string of the molecule is CC(C#N)c1ccc2ncoc2c1O. The van der Waals surface area contributed by atoms with Gasteiger partial charge in [0.25, 0.3) is 0 Å². The topological polar surface area (TPSA) is 70.0 Å². The van der Waals surface area contributed by atoms with E-state index in [0.717, 1.165) is 0 Å². The smallest absolute Gasteiger partial charge is 0.196 e. The second-order valence-electron chi connectivity index (χ2n) is 3.05. The van der Waals surface area contributed by atoms with E-state index < -0.39 is 0 Å². The van der Waals surface area contributed by atoms with Gasteiger partial charge in [-0.2, -0.15) is 5.26 Å². The predicted molar refractivity (Wildman–Crippen MR) is 49.7 cm³/mol. The first-order chi connectivity index (χ1) is 6.74. The van der Waals surface area contributed by atoms with E-state index in [2.05, 4.69) is 11.1 Å². The van der Waals surface area contributed by atoms with E-state index in [-0.39, 0.29) is 11.7 Å². The predicted octanol–water partition coefficient (Wildman–Crippen LogP) is 2.16. The molecule has 0 spiro atoms. The fourth-order valence-electron chi connectivity index (χ4n) is 1.35. The minimum Gasteiger partial charge on any atom is -0.504 e. The van der Waals surface area contributed by atoms with Crippen LogP contribution in [-0.2, 0) is 0 Å². The monoisotopic (exact) mass is 188 g/mol. The second-order valence-corrected chi connectivity index (χ2v) is 3.05. The molecule has 1 aromatic carbocycles. The van der Waals surface area contributed by atoms with Crippen LogP contribution in [0.3, 0.4) is 0 Å². The Hall–Kier alpha value is -2.02. The van der Waals surface area contributed by atoms with Crippen molar-refractivity contribution in [3.05, 3.63) is 24.1 Å². The van der Waals surface area contributed by atoms with Crippen LogP contribution in [0.25, 0.3) is 11.1 Å². The highest BCUT2D eigenvalue weighted by Gasteiger charge is 2.14. The molecule has 0 bridgehead atoms. The summed E-state index contributed by atoms with van der Waals surface area (Å²) in [7, 11) is 0. The average molecular weight is 188 g/mol. The number of benzene rings is 1. The standard InChI is InChI=1S/C10H8N2O2/c1-6(4-11)7-2-3-8-10(9(7)13)14-5-12-8/h2-3,5-6,13H,1H3. The van der Waals surface area contributed by atoms with Crippen molar-refractivity contribution in [2.45, 2.75) is 12.8 Å². The van der Waals surface area contributed by atoms with E-state index in [9.17, 15) is 5.11 Å². The van der Waals surface area contributed by atoms with Gasteiger partial charge in [-0.3, -0.25) is 0 Å². The molecule has 2 rings (SSSR count). The molecule has 0 radical (unpaired) electrons. The molecule has 0 amide bonds. The van der Waals surface area contributed by atoms with Gasteiger partial charge in [0.2, 0.25) is 0 Å². The van der Waals surface area contributed by atoms with Gasteiger partial charge in [0.15, 0.2) is 17.7 Å². The summed E-state index contributed by atoms with van der Waals surface area (Å²) in [6, 6.07) is 5.47. The Morgan fingerprint density at radius 1 is 1.57 bits per heavy atom. The Morgan fingerprint density at radius 2 is 2.36 bits per heavy atom. The molecule has 70 valence electrons. The summed E-state index contributed by atoms with van der Waals surface area (Å²) in [5.41, 5.74) is 1.50. The van der Waals surface area contributed by atoms with Gasteiger partial charge >= 0.3 is 0 Å². The lowest BCUT2D eigenvalue weighted by Gasteiger charge is -2.04. The molecule has 1 atom stereocenters. The number of hydrogen-bond acceptors (Lipinski definition) is 4. The fraction of sp³-hybridized carbons (Fsp3) is 0.200. The summed E-state index contributed by atoms with van der Waals surface area (Å²) in [6.45, 7) is 1.72. The third kappa shape index (κ3) is 1.11. The van der Waals surface area contributed by atoms with Gasteiger partial charge < -0.3 is 9.52 Å². The van der Waals surface area contributed by atoms with Crippen LogP contribution in [0.4, 0.5) is 0 Å². The summed E-state index contributed by atoms with van der Waals surface area (Å²) in [5.74, 6) is -0.349. The largest absolute Gasteiger partial charge is 0.504 e. The average Bonchev–Trinajstić information content (AvgIpc) is 2.66. The lowest BCUT2D eigenvalue weighted by molar-refractivity contribution is 0.457. The highest BCUT2D eigenvalue weighted by Crippen LogP contribution is 2.32. The van der Waals surface area contributed by atoms with Crippen LogP contribution in [0.2, 0.25) is 0 Å². The summed E-state index contributed by atoms with van der Waals surface area (Å²) >= 11 is 0. The van der Waals surface area contributed by atoms with E-state index in [1.807, 2.05) is 0 Å². The highest BCUT2D eigenvalue weighted by molar-refractivity contribution is 5.80. The molecular formula is C10H8N2O2. The molecular weight excluding hydrogens is 180 g/mol. The zero-order valence-electron chi connectivity index (χ0n) is 7.56. The van der Waals surface area contributed by atoms with Gasteiger partial charge in [-0.25, -0.2) is 4.98 Å². The third-order valence-corrected chi connectivity index (χ3v) is 2.16. The van der Waals surface area contributed by atoms with Crippen molar-refractivity contribution in [2.75, 3.05) is 0 Å². The molecule has 1 aromatic heterocycles. The van der Waals surface area contributed by atoms with Gasteiger partial charge in [-0.1, -0.05) is 6.07 Å². The first kappa shape index (κ1) is 8.57. The van der Waals surface area contributed by atoms with Crippen LogP contribution in [0, 0.1) is 11.3 Å². The maximum absolute atomic E-state index is 9.76. The molecule has 4 heteroatoms. The fourth-order valence-corrected chi connectivity index (χ4v) is 1.35. The molecule has 0 aliphatic carbocycles. The highest BCUT2D eigenvalue weighted by atomic mass is 16.4. The summed E-state index contributed by atoms with van der Waals surface area (Å²) in [4.78, 5) is 3.90. The molecule has 2 aromatic rings. The lowest BCUT2D eigenvalue weighted by Crippen LogP contribution is -1.90. The molecule has 1 heterocycles. The molecule has 0 aliphatic heterocycles. The minimum absolute atomic E-state index is 0.00838. The van der Waals surface area contributed by atoms with Gasteiger partial charge in [0.05, 0.1) is 12.0 Å². The Bertz CT molecular complexity index is 510. The van der Waals surface area contributed by atoms with Crippen LogP contribution in [0.1, 0.15) is 18.4 Å². The minimum atomic E-state index is -0.357. The number of phenolic OH excluding ortho intramolecular Hbond substituents is 1. The number of nitrogens with zero attached hydrogens (tertiary/aromatic N) is 2. The molecule has 1 unspecified atom stereocenters. The molecule has 0 fully saturated rings. The third-order valence-electron chi connectivity index (χ3n) is 2.16. The Morgan fingerprint density at radius 3 is 3.07 bits per heavy atom. The first-order valence-electron chi connectivity index (χ1n) is 4.18. The molecule has 4 nitrogen and oxygen atoms in total. The van der Waals surface area contributed by atoms with Gasteiger partial charge in [-0.15, -0.1) is 0 Å². The number of aromatic hydroxyl groups is 1. The van der Waals surface area contributed by atoms with Crippen molar-refractivity contribution in [1.82, 2.24) is 4.98 Å². The quantitative estimate of drug-likeness (QED) is 0.744. The van der Waals surface area contributed by atoms with Crippen LogP contribution in [0.15, 0.2) is 22.9 Å². The zero-order valence-corrected chi connectivity index (χ0v) is 7.56. The summed E-state index contributed by atoms with van der Waals surface area (Å²) in [5, 5.41) is 18.5.